The van der Waals surface area contributed by atoms with Gasteiger partial charge in [0, 0.05) is 12.0 Å². The quantitative estimate of drug-likeness (QED) is 0.585. The smallest absolute Gasteiger partial charge is 0.303 e. The van der Waals surface area contributed by atoms with Gasteiger partial charge in [-0.25, -0.2) is 0 Å². The van der Waals surface area contributed by atoms with E-state index in [1.807, 2.05) is 32.0 Å². The van der Waals surface area contributed by atoms with Gasteiger partial charge in [-0.05, 0) is 48.7 Å². The Balaban J connectivity index is 2.15. The van der Waals surface area contributed by atoms with Crippen LogP contribution in [0, 0.1) is 13.8 Å². The zero-order valence-corrected chi connectivity index (χ0v) is 14.2. The molecule has 0 bridgehead atoms. The number of hydrogen-bond acceptors (Lipinski definition) is 4. The van der Waals surface area contributed by atoms with Crippen molar-refractivity contribution in [2.45, 2.75) is 33.3 Å². The molecule has 0 aromatic heterocycles. The van der Waals surface area contributed by atoms with E-state index in [2.05, 4.69) is 0 Å². The van der Waals surface area contributed by atoms with Crippen molar-refractivity contribution in [3.63, 3.8) is 0 Å². The van der Waals surface area contributed by atoms with Gasteiger partial charge < -0.3 is 9.84 Å². The van der Waals surface area contributed by atoms with Crippen LogP contribution in [0.1, 0.15) is 50.2 Å². The summed E-state index contributed by atoms with van der Waals surface area (Å²) in [6.45, 7) is 4.32. The van der Waals surface area contributed by atoms with Gasteiger partial charge in [-0.3, -0.25) is 14.4 Å². The lowest BCUT2D eigenvalue weighted by atomic mass is 10.0. The monoisotopic (exact) mass is 340 g/mol. The molecule has 0 spiro atoms. The Morgan fingerprint density at radius 2 is 1.76 bits per heavy atom. The first-order valence-corrected chi connectivity index (χ1v) is 7.94. The summed E-state index contributed by atoms with van der Waals surface area (Å²) < 4.78 is 5.77. The number of hydrogen-bond donors (Lipinski definition) is 1. The Hall–Kier alpha value is -2.95. The number of aryl methyl sites for hydroxylation is 2. The van der Waals surface area contributed by atoms with Crippen molar-refractivity contribution in [2.24, 2.45) is 0 Å². The molecule has 0 saturated carbocycles. The fourth-order valence-corrected chi connectivity index (χ4v) is 2.54. The molecule has 5 nitrogen and oxygen atoms in total. The number of carboxylic acids is 1. The molecule has 0 aliphatic rings. The number of carbonyl (C=O) groups excluding carboxylic acids is 2. The van der Waals surface area contributed by atoms with Crippen molar-refractivity contribution in [2.75, 3.05) is 0 Å². The van der Waals surface area contributed by atoms with Gasteiger partial charge in [0.2, 0.25) is 0 Å². The van der Waals surface area contributed by atoms with Gasteiger partial charge in [-0.2, -0.15) is 0 Å². The molecule has 2 aromatic carbocycles. The van der Waals surface area contributed by atoms with E-state index in [9.17, 15) is 14.4 Å². The number of Topliss-reactive ketones (excluding diaryl/α,β-unsaturated/α-hetero) is 1. The van der Waals surface area contributed by atoms with Crippen LogP contribution in [0.15, 0.2) is 36.4 Å². The van der Waals surface area contributed by atoms with E-state index in [1.54, 1.807) is 12.1 Å². The minimum Gasteiger partial charge on any atom is -0.488 e. The molecule has 0 unspecified atom stereocenters. The molecule has 5 heteroatoms. The van der Waals surface area contributed by atoms with Crippen LogP contribution in [0.5, 0.6) is 5.75 Å². The Morgan fingerprint density at radius 1 is 1.08 bits per heavy atom. The zero-order chi connectivity index (χ0) is 18.4. The number of carbonyl (C=O) groups is 3. The maximum Gasteiger partial charge on any atom is 0.303 e. The molecule has 130 valence electrons. The topological polar surface area (TPSA) is 80.7 Å². The average molecular weight is 340 g/mol. The third-order valence-electron chi connectivity index (χ3n) is 4.04. The Morgan fingerprint density at radius 3 is 2.36 bits per heavy atom. The van der Waals surface area contributed by atoms with Crippen molar-refractivity contribution >= 4 is 18.0 Å². The highest BCUT2D eigenvalue weighted by atomic mass is 16.5. The maximum atomic E-state index is 12.0. The Labute approximate surface area is 146 Å². The number of ketones is 1. The Kier molecular flexibility index (Phi) is 6.06. The molecule has 1 N–H and O–H groups in total. The van der Waals surface area contributed by atoms with Crippen LogP contribution in [0.25, 0.3) is 0 Å². The number of benzene rings is 2. The predicted octanol–water partition coefficient (Wildman–Crippen LogP) is 3.74. The second-order valence-corrected chi connectivity index (χ2v) is 5.85. The minimum atomic E-state index is -1.03. The molecular formula is C20H20O5. The molecule has 0 aliphatic carbocycles. The van der Waals surface area contributed by atoms with Crippen LogP contribution in [-0.2, 0) is 11.4 Å². The summed E-state index contributed by atoms with van der Waals surface area (Å²) in [5, 5.41) is 8.65. The molecule has 0 radical (unpaired) electrons. The lowest BCUT2D eigenvalue weighted by Gasteiger charge is -2.13. The normalized spacial score (nSPS) is 10.3. The summed E-state index contributed by atoms with van der Waals surface area (Å²) in [6.07, 6.45) is 0.296. The largest absolute Gasteiger partial charge is 0.488 e. The molecule has 0 aliphatic heterocycles. The lowest BCUT2D eigenvalue weighted by molar-refractivity contribution is -0.136. The van der Waals surface area contributed by atoms with Crippen LogP contribution >= 0.6 is 0 Å². The third kappa shape index (κ3) is 4.76. The fraction of sp³-hybridized carbons (Fsp3) is 0.250. The van der Waals surface area contributed by atoms with Crippen LogP contribution in [0.3, 0.4) is 0 Å². The summed E-state index contributed by atoms with van der Waals surface area (Å²) in [5.41, 5.74) is 3.84. The second kappa shape index (κ2) is 8.24. The highest BCUT2D eigenvalue weighted by Gasteiger charge is 2.13. The van der Waals surface area contributed by atoms with Crippen molar-refractivity contribution in [1.29, 1.82) is 0 Å². The molecule has 0 saturated heterocycles. The van der Waals surface area contributed by atoms with Crippen LogP contribution < -0.4 is 4.74 Å². The summed E-state index contributed by atoms with van der Waals surface area (Å²) >= 11 is 0. The molecule has 2 aromatic rings. The van der Waals surface area contributed by atoms with Crippen LogP contribution in [0.2, 0.25) is 0 Å². The number of rotatable bonds is 8. The minimum absolute atomic E-state index is 0.101. The molecular weight excluding hydrogens is 320 g/mol. The van der Waals surface area contributed by atoms with Crippen LogP contribution in [0.4, 0.5) is 0 Å². The van der Waals surface area contributed by atoms with Crippen molar-refractivity contribution in [3.05, 3.63) is 64.2 Å². The van der Waals surface area contributed by atoms with E-state index in [-0.39, 0.29) is 24.2 Å². The average Bonchev–Trinajstić information content (AvgIpc) is 2.59. The number of aldehydes is 1. The Bertz CT molecular complexity index is 787. The SMILES string of the molecule is Cc1cccc(C)c1COc1ccc(C(=O)CCC(=O)O)cc1C=O. The summed E-state index contributed by atoms with van der Waals surface area (Å²) in [7, 11) is 0. The van der Waals surface area contributed by atoms with Gasteiger partial charge >= 0.3 is 5.97 Å². The first kappa shape index (κ1) is 18.4. The molecule has 0 heterocycles. The van der Waals surface area contributed by atoms with Gasteiger partial charge in [-0.1, -0.05) is 18.2 Å². The van der Waals surface area contributed by atoms with Crippen LogP contribution in [-0.4, -0.2) is 23.1 Å². The van der Waals surface area contributed by atoms with Crippen molar-refractivity contribution in [1.82, 2.24) is 0 Å². The van der Waals surface area contributed by atoms with E-state index < -0.39 is 5.97 Å². The zero-order valence-electron chi connectivity index (χ0n) is 14.2. The molecule has 25 heavy (non-hydrogen) atoms. The first-order valence-electron chi connectivity index (χ1n) is 7.94. The molecule has 2 rings (SSSR count). The standard InChI is InChI=1S/C20H20O5/c1-13-4-3-5-14(2)17(13)12-25-19-8-6-15(10-16(19)11-21)18(22)7-9-20(23)24/h3-6,8,10-11H,7,9,12H2,1-2H3,(H,23,24). The summed E-state index contributed by atoms with van der Waals surface area (Å²) in [4.78, 5) is 33.9. The van der Waals surface area contributed by atoms with Gasteiger partial charge in [0.25, 0.3) is 0 Å². The fourth-order valence-electron chi connectivity index (χ4n) is 2.54. The predicted molar refractivity (Wildman–Crippen MR) is 93.3 cm³/mol. The third-order valence-corrected chi connectivity index (χ3v) is 4.04. The lowest BCUT2D eigenvalue weighted by Crippen LogP contribution is -2.06. The number of ether oxygens (including phenoxy) is 1. The van der Waals surface area contributed by atoms with Gasteiger partial charge in [-0.15, -0.1) is 0 Å². The second-order valence-electron chi connectivity index (χ2n) is 5.85. The van der Waals surface area contributed by atoms with E-state index in [0.717, 1.165) is 16.7 Å². The maximum absolute atomic E-state index is 12.0. The van der Waals surface area contributed by atoms with E-state index in [0.29, 0.717) is 24.2 Å². The molecule has 0 amide bonds. The highest BCUT2D eigenvalue weighted by Crippen LogP contribution is 2.22. The van der Waals surface area contributed by atoms with Crippen molar-refractivity contribution in [3.8, 4) is 5.75 Å². The number of aliphatic carboxylic acids is 1. The number of carboxylic acid groups (broad SMARTS) is 1. The molecule has 0 fully saturated rings. The molecule has 0 atom stereocenters. The van der Waals surface area contributed by atoms with Crippen molar-refractivity contribution < 1.29 is 24.2 Å². The summed E-state index contributed by atoms with van der Waals surface area (Å²) in [6, 6.07) is 10.5. The van der Waals surface area contributed by atoms with Gasteiger partial charge in [0.1, 0.15) is 12.4 Å². The summed E-state index contributed by atoms with van der Waals surface area (Å²) in [5.74, 6) is -0.947. The van der Waals surface area contributed by atoms with Gasteiger partial charge in [0.15, 0.2) is 12.1 Å². The van der Waals surface area contributed by atoms with Gasteiger partial charge in [0.05, 0.1) is 12.0 Å². The van der Waals surface area contributed by atoms with E-state index in [1.165, 1.54) is 6.07 Å². The highest BCUT2D eigenvalue weighted by molar-refractivity contribution is 5.99. The van der Waals surface area contributed by atoms with E-state index >= 15 is 0 Å². The van der Waals surface area contributed by atoms with E-state index in [4.69, 9.17) is 9.84 Å². The first-order chi connectivity index (χ1) is 11.9.